The first-order valence-electron chi connectivity index (χ1n) is 6.23. The maximum atomic E-state index is 7.69. The molecule has 0 aromatic heterocycles. The van der Waals surface area contributed by atoms with E-state index >= 15 is 0 Å². The molecule has 1 aromatic rings. The zero-order chi connectivity index (χ0) is 13.1. The number of hydrogen-bond acceptors (Lipinski definition) is 3. The van der Waals surface area contributed by atoms with Gasteiger partial charge in [-0.2, -0.15) is 0 Å². The Kier molecular flexibility index (Phi) is 4.24. The van der Waals surface area contributed by atoms with Gasteiger partial charge in [-0.3, -0.25) is 5.41 Å². The molecule has 0 aliphatic carbocycles. The van der Waals surface area contributed by atoms with E-state index in [9.17, 15) is 0 Å². The van der Waals surface area contributed by atoms with Crippen LogP contribution >= 0.6 is 15.9 Å². The largest absolute Gasteiger partial charge is 0.384 e. The van der Waals surface area contributed by atoms with Crippen LogP contribution in [-0.2, 0) is 0 Å². The van der Waals surface area contributed by atoms with Crippen molar-refractivity contribution in [2.45, 2.75) is 6.92 Å². The summed E-state index contributed by atoms with van der Waals surface area (Å²) in [6.45, 7) is 7.43. The molecule has 0 saturated carbocycles. The Morgan fingerprint density at radius 1 is 1.33 bits per heavy atom. The van der Waals surface area contributed by atoms with Crippen molar-refractivity contribution in [3.8, 4) is 0 Å². The summed E-state index contributed by atoms with van der Waals surface area (Å²) in [4.78, 5) is 4.75. The van der Waals surface area contributed by atoms with Crippen LogP contribution in [0.15, 0.2) is 22.7 Å². The topological polar surface area (TPSA) is 56.4 Å². The van der Waals surface area contributed by atoms with Gasteiger partial charge < -0.3 is 15.5 Å². The van der Waals surface area contributed by atoms with Gasteiger partial charge in [-0.15, -0.1) is 0 Å². The minimum absolute atomic E-state index is 0.129. The molecule has 0 spiro atoms. The molecule has 1 aliphatic heterocycles. The van der Waals surface area contributed by atoms with Gasteiger partial charge in [0.2, 0.25) is 0 Å². The summed E-state index contributed by atoms with van der Waals surface area (Å²) < 4.78 is 0.962. The molecule has 1 fully saturated rings. The Morgan fingerprint density at radius 3 is 2.56 bits per heavy atom. The number of nitrogen functional groups attached to an aromatic ring is 1. The van der Waals surface area contributed by atoms with Crippen LogP contribution in [0.5, 0.6) is 0 Å². The van der Waals surface area contributed by atoms with E-state index in [0.29, 0.717) is 0 Å². The van der Waals surface area contributed by atoms with Gasteiger partial charge in [-0.05, 0) is 24.7 Å². The van der Waals surface area contributed by atoms with Crippen molar-refractivity contribution in [2.24, 2.45) is 5.73 Å². The van der Waals surface area contributed by atoms with Crippen molar-refractivity contribution >= 4 is 27.5 Å². The van der Waals surface area contributed by atoms with Crippen molar-refractivity contribution in [1.82, 2.24) is 4.90 Å². The van der Waals surface area contributed by atoms with E-state index in [4.69, 9.17) is 11.1 Å². The monoisotopic (exact) mass is 310 g/mol. The van der Waals surface area contributed by atoms with Crippen LogP contribution in [0.4, 0.5) is 5.69 Å². The van der Waals surface area contributed by atoms with E-state index in [2.05, 4.69) is 32.7 Å². The SMILES string of the molecule is CCN1CCN(c2ccc(Br)cc2C(=N)N)CC1. The Labute approximate surface area is 116 Å². The lowest BCUT2D eigenvalue weighted by Gasteiger charge is -2.36. The van der Waals surface area contributed by atoms with E-state index in [0.717, 1.165) is 48.4 Å². The summed E-state index contributed by atoms with van der Waals surface area (Å²) in [5, 5.41) is 7.69. The van der Waals surface area contributed by atoms with Crippen LogP contribution in [0.1, 0.15) is 12.5 Å². The number of nitrogens with zero attached hydrogens (tertiary/aromatic N) is 2. The molecule has 3 N–H and O–H groups in total. The highest BCUT2D eigenvalue weighted by molar-refractivity contribution is 9.10. The summed E-state index contributed by atoms with van der Waals surface area (Å²) in [5.41, 5.74) is 7.55. The Hall–Kier alpha value is -1.07. The molecular weight excluding hydrogens is 292 g/mol. The van der Waals surface area contributed by atoms with Crippen LogP contribution in [-0.4, -0.2) is 43.5 Å². The number of halogens is 1. The molecule has 0 radical (unpaired) electrons. The second-order valence-corrected chi connectivity index (χ2v) is 5.41. The molecule has 0 atom stereocenters. The van der Waals surface area contributed by atoms with E-state index in [-0.39, 0.29) is 5.84 Å². The maximum Gasteiger partial charge on any atom is 0.124 e. The third-order valence-electron chi connectivity index (χ3n) is 3.41. The smallest absolute Gasteiger partial charge is 0.124 e. The average molecular weight is 311 g/mol. The fourth-order valence-electron chi connectivity index (χ4n) is 2.30. The van der Waals surface area contributed by atoms with Gasteiger partial charge in [0.05, 0.1) is 0 Å². The number of rotatable bonds is 3. The van der Waals surface area contributed by atoms with Gasteiger partial charge in [-0.25, -0.2) is 0 Å². The lowest BCUT2D eigenvalue weighted by molar-refractivity contribution is 0.271. The van der Waals surface area contributed by atoms with Gasteiger partial charge in [0.25, 0.3) is 0 Å². The highest BCUT2D eigenvalue weighted by Gasteiger charge is 2.19. The van der Waals surface area contributed by atoms with Gasteiger partial charge in [0.15, 0.2) is 0 Å². The number of nitrogens with two attached hydrogens (primary N) is 1. The first-order valence-corrected chi connectivity index (χ1v) is 7.02. The third-order valence-corrected chi connectivity index (χ3v) is 3.90. The molecule has 0 bridgehead atoms. The number of piperazine rings is 1. The minimum Gasteiger partial charge on any atom is -0.384 e. The molecule has 1 aromatic carbocycles. The summed E-state index contributed by atoms with van der Waals surface area (Å²) in [6.07, 6.45) is 0. The third kappa shape index (κ3) is 2.84. The van der Waals surface area contributed by atoms with Gasteiger partial charge >= 0.3 is 0 Å². The molecular formula is C13H19BrN4. The van der Waals surface area contributed by atoms with Crippen molar-refractivity contribution in [3.63, 3.8) is 0 Å². The molecule has 2 rings (SSSR count). The van der Waals surface area contributed by atoms with Crippen LogP contribution < -0.4 is 10.6 Å². The summed E-state index contributed by atoms with van der Waals surface area (Å²) >= 11 is 3.43. The molecule has 5 heteroatoms. The van der Waals surface area contributed by atoms with Gasteiger partial charge in [0, 0.05) is 41.9 Å². The number of nitrogens with one attached hydrogen (secondary N) is 1. The highest BCUT2D eigenvalue weighted by Crippen LogP contribution is 2.25. The normalized spacial score (nSPS) is 16.9. The van der Waals surface area contributed by atoms with Crippen molar-refractivity contribution in [3.05, 3.63) is 28.2 Å². The average Bonchev–Trinajstić information content (AvgIpc) is 2.39. The molecule has 1 aliphatic rings. The molecule has 4 nitrogen and oxygen atoms in total. The van der Waals surface area contributed by atoms with Crippen LogP contribution in [0.25, 0.3) is 0 Å². The van der Waals surface area contributed by atoms with Crippen molar-refractivity contribution in [2.75, 3.05) is 37.6 Å². The first-order chi connectivity index (χ1) is 8.61. The van der Waals surface area contributed by atoms with Crippen LogP contribution in [0.3, 0.4) is 0 Å². The highest BCUT2D eigenvalue weighted by atomic mass is 79.9. The molecule has 0 unspecified atom stereocenters. The molecule has 1 heterocycles. The fourth-order valence-corrected chi connectivity index (χ4v) is 2.67. The number of benzene rings is 1. The minimum atomic E-state index is 0.129. The maximum absolute atomic E-state index is 7.69. The van der Waals surface area contributed by atoms with E-state index in [1.807, 2.05) is 18.2 Å². The van der Waals surface area contributed by atoms with Crippen molar-refractivity contribution in [1.29, 1.82) is 5.41 Å². The Bertz CT molecular complexity index is 439. The number of hydrogen-bond donors (Lipinski definition) is 2. The fraction of sp³-hybridized carbons (Fsp3) is 0.462. The van der Waals surface area contributed by atoms with Crippen molar-refractivity contribution < 1.29 is 0 Å². The van der Waals surface area contributed by atoms with Crippen LogP contribution in [0.2, 0.25) is 0 Å². The zero-order valence-corrected chi connectivity index (χ0v) is 12.2. The van der Waals surface area contributed by atoms with Gasteiger partial charge in [-0.1, -0.05) is 22.9 Å². The number of amidine groups is 1. The van der Waals surface area contributed by atoms with Crippen LogP contribution in [0, 0.1) is 5.41 Å². The zero-order valence-electron chi connectivity index (χ0n) is 10.6. The van der Waals surface area contributed by atoms with E-state index < -0.39 is 0 Å². The molecule has 0 amide bonds. The lowest BCUT2D eigenvalue weighted by Crippen LogP contribution is -2.46. The predicted octanol–water partition coefficient (Wildman–Crippen LogP) is 1.88. The molecule has 1 saturated heterocycles. The number of likely N-dealkylation sites (N-methyl/N-ethyl adjacent to an activating group) is 1. The summed E-state index contributed by atoms with van der Waals surface area (Å²) in [5.74, 6) is 0.129. The number of anilines is 1. The first kappa shape index (κ1) is 13.4. The van der Waals surface area contributed by atoms with E-state index in [1.165, 1.54) is 0 Å². The second kappa shape index (κ2) is 5.71. The standard InChI is InChI=1S/C13H19BrN4/c1-2-17-5-7-18(8-6-17)12-4-3-10(14)9-11(12)13(15)16/h3-4,9H,2,5-8H2,1H3,(H3,15,16). The van der Waals surface area contributed by atoms with E-state index in [1.54, 1.807) is 0 Å². The van der Waals surface area contributed by atoms with Gasteiger partial charge in [0.1, 0.15) is 5.84 Å². The Balaban J connectivity index is 2.21. The predicted molar refractivity (Wildman–Crippen MR) is 79.5 cm³/mol. The molecule has 18 heavy (non-hydrogen) atoms. The Morgan fingerprint density at radius 2 is 2.00 bits per heavy atom. The summed E-state index contributed by atoms with van der Waals surface area (Å²) in [6, 6.07) is 5.97. The second-order valence-electron chi connectivity index (χ2n) is 4.50. The molecule has 98 valence electrons. The summed E-state index contributed by atoms with van der Waals surface area (Å²) in [7, 11) is 0. The lowest BCUT2D eigenvalue weighted by atomic mass is 10.1. The quantitative estimate of drug-likeness (QED) is 0.662.